The minimum absolute atomic E-state index is 0.0951. The molecule has 29 heavy (non-hydrogen) atoms. The lowest BCUT2D eigenvalue weighted by Gasteiger charge is -2.33. The highest BCUT2D eigenvalue weighted by Gasteiger charge is 2.27. The fourth-order valence-electron chi connectivity index (χ4n) is 3.44. The van der Waals surface area contributed by atoms with Crippen molar-refractivity contribution in [3.05, 3.63) is 35.5 Å². The van der Waals surface area contributed by atoms with Gasteiger partial charge in [0.2, 0.25) is 5.91 Å². The predicted molar refractivity (Wildman–Crippen MR) is 109 cm³/mol. The lowest BCUT2D eigenvalue weighted by molar-refractivity contribution is -0.129. The summed E-state index contributed by atoms with van der Waals surface area (Å²) in [5.41, 5.74) is 6.84. The van der Waals surface area contributed by atoms with Crippen molar-refractivity contribution >= 4 is 17.6 Å². The smallest absolute Gasteiger partial charge is 0.219 e. The third-order valence-electron chi connectivity index (χ3n) is 5.15. The molecule has 1 saturated heterocycles. The maximum Gasteiger partial charge on any atom is 0.219 e. The number of carbonyl (C=O) groups is 2. The molecule has 0 aliphatic carbocycles. The second kappa shape index (κ2) is 8.95. The number of likely N-dealkylation sites (tertiary alicyclic amines) is 1. The number of guanidine groups is 1. The molecule has 9 nitrogen and oxygen atoms in total. The van der Waals surface area contributed by atoms with Crippen LogP contribution in [-0.4, -0.2) is 62.1 Å². The minimum Gasteiger partial charge on any atom is -0.497 e. The van der Waals surface area contributed by atoms with Crippen LogP contribution in [0.4, 0.5) is 0 Å². The highest BCUT2D eigenvalue weighted by atomic mass is 16.5. The van der Waals surface area contributed by atoms with E-state index in [4.69, 9.17) is 15.2 Å². The Balaban J connectivity index is 1.66. The van der Waals surface area contributed by atoms with Gasteiger partial charge in [0, 0.05) is 32.3 Å². The fraction of sp³-hybridized carbons (Fsp3) is 0.450. The van der Waals surface area contributed by atoms with Crippen molar-refractivity contribution in [2.24, 2.45) is 10.7 Å². The Bertz CT molecular complexity index is 843. The fourth-order valence-corrected chi connectivity index (χ4v) is 3.44. The number of amides is 1. The number of carbonyl (C=O) groups excluding carboxylic acids is 2. The Labute approximate surface area is 169 Å². The van der Waals surface area contributed by atoms with E-state index >= 15 is 0 Å². The van der Waals surface area contributed by atoms with Crippen molar-refractivity contribution in [1.29, 1.82) is 0 Å². The van der Waals surface area contributed by atoms with Crippen LogP contribution in [-0.2, 0) is 4.79 Å². The maximum atomic E-state index is 13.0. The first-order valence-corrected chi connectivity index (χ1v) is 9.51. The van der Waals surface area contributed by atoms with Gasteiger partial charge >= 0.3 is 0 Å². The summed E-state index contributed by atoms with van der Waals surface area (Å²) in [6.45, 7) is 3.00. The summed E-state index contributed by atoms with van der Waals surface area (Å²) in [6.07, 6.45) is 2.42. The van der Waals surface area contributed by atoms with Crippen molar-refractivity contribution < 1.29 is 19.1 Å². The van der Waals surface area contributed by atoms with Crippen LogP contribution in [0, 0.1) is 0 Å². The molecule has 1 atom stereocenters. The van der Waals surface area contributed by atoms with Gasteiger partial charge in [-0.1, -0.05) is 0 Å². The van der Waals surface area contributed by atoms with Gasteiger partial charge in [-0.15, -0.1) is 0 Å². The number of ketones is 1. The van der Waals surface area contributed by atoms with Crippen LogP contribution >= 0.6 is 0 Å². The molecule has 0 aromatic heterocycles. The molecule has 0 radical (unpaired) electrons. The number of hydrogen-bond acceptors (Lipinski definition) is 8. The summed E-state index contributed by atoms with van der Waals surface area (Å²) in [6, 6.07) is 5.21. The molecule has 156 valence electrons. The summed E-state index contributed by atoms with van der Waals surface area (Å²) in [5, 5.41) is 6.33. The summed E-state index contributed by atoms with van der Waals surface area (Å²) in [7, 11) is 3.04. The summed E-state index contributed by atoms with van der Waals surface area (Å²) in [5.74, 6) is 1.33. The van der Waals surface area contributed by atoms with E-state index in [0.717, 1.165) is 12.8 Å². The van der Waals surface area contributed by atoms with E-state index < -0.39 is 6.17 Å². The van der Waals surface area contributed by atoms with E-state index in [1.807, 2.05) is 4.90 Å². The van der Waals surface area contributed by atoms with E-state index in [9.17, 15) is 9.59 Å². The number of piperidine rings is 1. The molecule has 0 bridgehead atoms. The highest BCUT2D eigenvalue weighted by molar-refractivity contribution is 6.12. The average Bonchev–Trinajstić information content (AvgIpc) is 2.73. The number of Topliss-reactive ketones (excluding diaryl/α,β-unsaturated/α-hetero) is 1. The van der Waals surface area contributed by atoms with Crippen LogP contribution in [0.25, 0.3) is 0 Å². The van der Waals surface area contributed by atoms with Crippen molar-refractivity contribution in [2.45, 2.75) is 32.0 Å². The number of rotatable bonds is 5. The van der Waals surface area contributed by atoms with Crippen LogP contribution in [0.5, 0.6) is 11.5 Å². The van der Waals surface area contributed by atoms with E-state index in [0.29, 0.717) is 41.7 Å². The first kappa shape index (κ1) is 20.7. The number of methoxy groups -OCH3 is 2. The Morgan fingerprint density at radius 1 is 1.24 bits per heavy atom. The van der Waals surface area contributed by atoms with Gasteiger partial charge in [-0.3, -0.25) is 9.59 Å². The molecular formula is C20H27N5O4. The zero-order valence-corrected chi connectivity index (χ0v) is 16.9. The predicted octanol–water partition coefficient (Wildman–Crippen LogP) is 0.615. The molecule has 1 unspecified atom stereocenters. The number of benzene rings is 1. The summed E-state index contributed by atoms with van der Waals surface area (Å²) in [4.78, 5) is 30.7. The first-order chi connectivity index (χ1) is 13.9. The monoisotopic (exact) mass is 401 g/mol. The SMILES string of the molecule is COc1ccc(OC)c(C(=O)C2=CNC(NC3CCN(C(C)=O)CC3)=NC2N)c1. The molecule has 1 aromatic carbocycles. The van der Waals surface area contributed by atoms with Gasteiger partial charge in [0.05, 0.1) is 25.4 Å². The van der Waals surface area contributed by atoms with Crippen molar-refractivity contribution in [3.8, 4) is 11.5 Å². The molecule has 4 N–H and O–H groups in total. The molecule has 2 heterocycles. The van der Waals surface area contributed by atoms with Crippen LogP contribution in [0.3, 0.4) is 0 Å². The van der Waals surface area contributed by atoms with E-state index in [2.05, 4.69) is 15.6 Å². The molecule has 2 aliphatic heterocycles. The van der Waals surface area contributed by atoms with Crippen molar-refractivity contribution in [3.63, 3.8) is 0 Å². The molecule has 1 fully saturated rings. The normalized spacial score (nSPS) is 19.6. The van der Waals surface area contributed by atoms with Crippen molar-refractivity contribution in [2.75, 3.05) is 27.3 Å². The summed E-state index contributed by atoms with van der Waals surface area (Å²) >= 11 is 0. The number of hydrogen-bond donors (Lipinski definition) is 3. The van der Waals surface area contributed by atoms with Gasteiger partial charge in [0.25, 0.3) is 0 Å². The van der Waals surface area contributed by atoms with Gasteiger partial charge in [-0.05, 0) is 31.0 Å². The molecule has 0 saturated carbocycles. The highest BCUT2D eigenvalue weighted by Crippen LogP contribution is 2.27. The van der Waals surface area contributed by atoms with Crippen LogP contribution < -0.4 is 25.8 Å². The topological polar surface area (TPSA) is 118 Å². The van der Waals surface area contributed by atoms with Crippen molar-refractivity contribution in [1.82, 2.24) is 15.5 Å². The van der Waals surface area contributed by atoms with E-state index in [-0.39, 0.29) is 17.7 Å². The molecule has 1 amide bonds. The second-order valence-electron chi connectivity index (χ2n) is 6.99. The number of aliphatic imine (C=N–C) groups is 1. The Morgan fingerprint density at radius 3 is 2.55 bits per heavy atom. The largest absolute Gasteiger partial charge is 0.497 e. The molecular weight excluding hydrogens is 374 g/mol. The lowest BCUT2D eigenvalue weighted by atomic mass is 10.0. The van der Waals surface area contributed by atoms with Crippen LogP contribution in [0.1, 0.15) is 30.1 Å². The minimum atomic E-state index is -0.806. The standard InChI is InChI=1S/C20H27N5O4/c1-12(26)25-8-6-13(7-9-25)23-20-22-11-16(19(21)24-20)18(27)15-10-14(28-2)4-5-17(15)29-3/h4-5,10-11,13,19H,6-9,21H2,1-3H3,(H2,22,23,24). The Kier molecular flexibility index (Phi) is 6.38. The summed E-state index contributed by atoms with van der Waals surface area (Å²) < 4.78 is 10.5. The van der Waals surface area contributed by atoms with Gasteiger partial charge in [-0.25, -0.2) is 4.99 Å². The molecule has 2 aliphatic rings. The Morgan fingerprint density at radius 2 is 1.97 bits per heavy atom. The van der Waals surface area contributed by atoms with E-state index in [1.165, 1.54) is 14.2 Å². The first-order valence-electron chi connectivity index (χ1n) is 9.51. The van der Waals surface area contributed by atoms with Gasteiger partial charge < -0.3 is 30.7 Å². The molecule has 9 heteroatoms. The third-order valence-corrected chi connectivity index (χ3v) is 5.15. The van der Waals surface area contributed by atoms with Gasteiger partial charge in [-0.2, -0.15) is 0 Å². The van der Waals surface area contributed by atoms with Crippen LogP contribution in [0.2, 0.25) is 0 Å². The quantitative estimate of drug-likeness (QED) is 0.619. The lowest BCUT2D eigenvalue weighted by Crippen LogP contribution is -2.50. The number of ether oxygens (including phenoxy) is 2. The second-order valence-corrected chi connectivity index (χ2v) is 6.99. The molecule has 0 spiro atoms. The molecule has 1 aromatic rings. The van der Waals surface area contributed by atoms with Gasteiger partial charge in [0.15, 0.2) is 11.7 Å². The van der Waals surface area contributed by atoms with Gasteiger partial charge in [0.1, 0.15) is 17.7 Å². The maximum absolute atomic E-state index is 13.0. The van der Waals surface area contributed by atoms with Crippen LogP contribution in [0.15, 0.2) is 35.0 Å². The number of nitrogens with zero attached hydrogens (tertiary/aromatic N) is 2. The molecule has 3 rings (SSSR count). The zero-order valence-electron chi connectivity index (χ0n) is 16.9. The Hall–Kier alpha value is -3.07. The third kappa shape index (κ3) is 4.68. The zero-order chi connectivity index (χ0) is 21.0. The number of nitrogens with two attached hydrogens (primary N) is 1. The number of nitrogens with one attached hydrogen (secondary N) is 2. The average molecular weight is 401 g/mol. The van der Waals surface area contributed by atoms with E-state index in [1.54, 1.807) is 31.3 Å².